The zero-order valence-corrected chi connectivity index (χ0v) is 9.73. The van der Waals surface area contributed by atoms with Gasteiger partial charge in [-0.2, -0.15) is 0 Å². The van der Waals surface area contributed by atoms with Gasteiger partial charge >= 0.3 is 0 Å². The molecule has 7 heteroatoms. The van der Waals surface area contributed by atoms with Gasteiger partial charge in [0.2, 0.25) is 0 Å². The predicted molar refractivity (Wildman–Crippen MR) is 53.3 cm³/mol. The molecule has 1 saturated heterocycles. The topological polar surface area (TPSA) is 66.2 Å². The molecule has 0 spiro atoms. The summed E-state index contributed by atoms with van der Waals surface area (Å²) < 4.78 is 12.3. The van der Waals surface area contributed by atoms with Crippen molar-refractivity contribution >= 4 is 21.7 Å². The largest absolute Gasteiger partial charge is 0.350 e. The van der Waals surface area contributed by atoms with E-state index < -0.39 is 6.29 Å². The van der Waals surface area contributed by atoms with Crippen molar-refractivity contribution in [2.45, 2.75) is 12.7 Å². The Kier molecular flexibility index (Phi) is 3.13. The molecule has 1 aromatic heterocycles. The summed E-state index contributed by atoms with van der Waals surface area (Å²) in [4.78, 5) is 11.8. The van der Waals surface area contributed by atoms with Crippen LogP contribution in [-0.4, -0.2) is 40.3 Å². The lowest BCUT2D eigenvalue weighted by Gasteiger charge is -2.07. The lowest BCUT2D eigenvalue weighted by Crippen LogP contribution is -2.17. The van der Waals surface area contributed by atoms with E-state index in [1.807, 2.05) is 0 Å². The first-order valence-corrected chi connectivity index (χ1v) is 5.29. The number of carbonyl (C=O) groups is 1. The van der Waals surface area contributed by atoms with Crippen molar-refractivity contribution in [2.24, 2.45) is 7.05 Å². The van der Waals surface area contributed by atoms with Gasteiger partial charge in [0.25, 0.3) is 0 Å². The van der Waals surface area contributed by atoms with E-state index >= 15 is 0 Å². The van der Waals surface area contributed by atoms with Gasteiger partial charge in [0, 0.05) is 7.05 Å². The van der Waals surface area contributed by atoms with E-state index in [9.17, 15) is 4.79 Å². The summed E-state index contributed by atoms with van der Waals surface area (Å²) in [6.07, 6.45) is -0.237. The fourth-order valence-corrected chi connectivity index (χ4v) is 1.95. The number of aryl methyl sites for hydroxylation is 1. The van der Waals surface area contributed by atoms with Crippen molar-refractivity contribution in [3.05, 3.63) is 10.3 Å². The minimum atomic E-state index is -0.431. The van der Waals surface area contributed by atoms with Gasteiger partial charge in [0.15, 0.2) is 16.7 Å². The number of rotatable bonds is 3. The smallest absolute Gasteiger partial charge is 0.188 e. The molecular formula is C8H10BrN3O3. The monoisotopic (exact) mass is 275 g/mol. The van der Waals surface area contributed by atoms with E-state index in [-0.39, 0.29) is 12.2 Å². The van der Waals surface area contributed by atoms with Crippen LogP contribution in [0, 0.1) is 0 Å². The maximum atomic E-state index is 11.8. The summed E-state index contributed by atoms with van der Waals surface area (Å²) in [6.45, 7) is 1.09. The molecule has 1 aliphatic rings. The number of hydrogen-bond donors (Lipinski definition) is 0. The van der Waals surface area contributed by atoms with Gasteiger partial charge in [0.05, 0.1) is 19.6 Å². The normalized spacial score (nSPS) is 17.2. The minimum Gasteiger partial charge on any atom is -0.350 e. The zero-order valence-electron chi connectivity index (χ0n) is 8.14. The van der Waals surface area contributed by atoms with Gasteiger partial charge in [-0.25, -0.2) is 4.68 Å². The Hall–Kier alpha value is -0.790. The van der Waals surface area contributed by atoms with Crippen LogP contribution in [0.5, 0.6) is 0 Å². The second-order valence-electron chi connectivity index (χ2n) is 3.15. The van der Waals surface area contributed by atoms with E-state index in [0.717, 1.165) is 0 Å². The van der Waals surface area contributed by atoms with Crippen LogP contribution in [0.25, 0.3) is 0 Å². The molecule has 0 N–H and O–H groups in total. The second kappa shape index (κ2) is 4.38. The zero-order chi connectivity index (χ0) is 10.8. The first kappa shape index (κ1) is 10.7. The third-order valence-corrected chi connectivity index (χ3v) is 2.63. The van der Waals surface area contributed by atoms with Gasteiger partial charge in [-0.15, -0.1) is 5.10 Å². The molecule has 0 aromatic carbocycles. The minimum absolute atomic E-state index is 0.0960. The molecule has 1 aromatic rings. The molecule has 2 rings (SSSR count). The van der Waals surface area contributed by atoms with E-state index in [2.05, 4.69) is 26.2 Å². The Morgan fingerprint density at radius 2 is 2.27 bits per heavy atom. The Balaban J connectivity index is 2.07. The molecule has 0 radical (unpaired) electrons. The summed E-state index contributed by atoms with van der Waals surface area (Å²) >= 11 is 3.17. The van der Waals surface area contributed by atoms with Gasteiger partial charge in [-0.05, 0) is 15.9 Å². The number of Topliss-reactive ketones (excluding diaryl/α,β-unsaturated/α-hetero) is 1. The van der Waals surface area contributed by atoms with Crippen molar-refractivity contribution in [1.29, 1.82) is 0 Å². The van der Waals surface area contributed by atoms with Crippen LogP contribution < -0.4 is 0 Å². The molecule has 0 aliphatic carbocycles. The van der Waals surface area contributed by atoms with Crippen LogP contribution >= 0.6 is 15.9 Å². The molecule has 0 atom stereocenters. The fraction of sp³-hybridized carbons (Fsp3) is 0.625. The van der Waals surface area contributed by atoms with Crippen LogP contribution in [0.2, 0.25) is 0 Å². The van der Waals surface area contributed by atoms with Crippen LogP contribution in [0.15, 0.2) is 4.60 Å². The van der Waals surface area contributed by atoms with Crippen LogP contribution in [-0.2, 0) is 16.5 Å². The Bertz CT molecular complexity index is 354. The van der Waals surface area contributed by atoms with Crippen molar-refractivity contribution < 1.29 is 14.3 Å². The number of ether oxygens (including phenoxy) is 2. The fourth-order valence-electron chi connectivity index (χ4n) is 1.40. The number of ketones is 1. The number of aromatic nitrogens is 3. The third kappa shape index (κ3) is 2.24. The maximum Gasteiger partial charge on any atom is 0.188 e. The van der Waals surface area contributed by atoms with Gasteiger partial charge < -0.3 is 9.47 Å². The Morgan fingerprint density at radius 3 is 2.80 bits per heavy atom. The van der Waals surface area contributed by atoms with E-state index in [4.69, 9.17) is 9.47 Å². The second-order valence-corrected chi connectivity index (χ2v) is 3.90. The van der Waals surface area contributed by atoms with Crippen molar-refractivity contribution in [1.82, 2.24) is 15.0 Å². The molecule has 1 aliphatic heterocycles. The van der Waals surface area contributed by atoms with Gasteiger partial charge in [-0.3, -0.25) is 4.79 Å². The van der Waals surface area contributed by atoms with Crippen molar-refractivity contribution in [3.8, 4) is 0 Å². The summed E-state index contributed by atoms with van der Waals surface area (Å²) in [5.74, 6) is -0.0960. The average molecular weight is 276 g/mol. The number of nitrogens with zero attached hydrogens (tertiary/aromatic N) is 3. The summed E-state index contributed by atoms with van der Waals surface area (Å²) in [7, 11) is 1.67. The highest BCUT2D eigenvalue weighted by atomic mass is 79.9. The molecule has 0 unspecified atom stereocenters. The Morgan fingerprint density at radius 1 is 1.60 bits per heavy atom. The predicted octanol–water partition coefficient (Wildman–Crippen LogP) is 0.523. The molecule has 1 fully saturated rings. The summed E-state index contributed by atoms with van der Waals surface area (Å²) in [6, 6.07) is 0. The third-order valence-electron chi connectivity index (χ3n) is 2.09. The SMILES string of the molecule is Cn1nnc(Br)c1C(=O)CC1OCCO1. The number of carbonyl (C=O) groups excluding carboxylic acids is 1. The van der Waals surface area contributed by atoms with Gasteiger partial charge in [0.1, 0.15) is 5.69 Å². The lowest BCUT2D eigenvalue weighted by molar-refractivity contribution is -0.0409. The van der Waals surface area contributed by atoms with E-state index in [0.29, 0.717) is 23.5 Å². The van der Waals surface area contributed by atoms with Crippen LogP contribution in [0.4, 0.5) is 0 Å². The molecule has 0 bridgehead atoms. The molecule has 15 heavy (non-hydrogen) atoms. The summed E-state index contributed by atoms with van der Waals surface area (Å²) in [5.41, 5.74) is 0.439. The molecule has 82 valence electrons. The van der Waals surface area contributed by atoms with Crippen molar-refractivity contribution in [2.75, 3.05) is 13.2 Å². The molecule has 2 heterocycles. The number of hydrogen-bond acceptors (Lipinski definition) is 5. The quantitative estimate of drug-likeness (QED) is 0.753. The standard InChI is InChI=1S/C8H10BrN3O3/c1-12-7(8(9)10-11-12)5(13)4-6-14-2-3-15-6/h6H,2-4H2,1H3. The first-order chi connectivity index (χ1) is 7.18. The van der Waals surface area contributed by atoms with Crippen LogP contribution in [0.3, 0.4) is 0 Å². The highest BCUT2D eigenvalue weighted by Crippen LogP contribution is 2.17. The highest BCUT2D eigenvalue weighted by Gasteiger charge is 2.24. The molecule has 6 nitrogen and oxygen atoms in total. The van der Waals surface area contributed by atoms with Crippen molar-refractivity contribution in [3.63, 3.8) is 0 Å². The van der Waals surface area contributed by atoms with E-state index in [1.54, 1.807) is 7.05 Å². The Labute approximate surface area is 94.7 Å². The first-order valence-electron chi connectivity index (χ1n) is 4.50. The average Bonchev–Trinajstić information content (AvgIpc) is 2.77. The molecule has 0 saturated carbocycles. The molecule has 0 amide bonds. The van der Waals surface area contributed by atoms with E-state index in [1.165, 1.54) is 4.68 Å². The molecular weight excluding hydrogens is 266 g/mol. The maximum absolute atomic E-state index is 11.8. The summed E-state index contributed by atoms with van der Waals surface area (Å²) in [5, 5.41) is 7.47. The lowest BCUT2D eigenvalue weighted by atomic mass is 10.2. The van der Waals surface area contributed by atoms with Crippen LogP contribution in [0.1, 0.15) is 16.9 Å². The number of halogens is 1. The highest BCUT2D eigenvalue weighted by molar-refractivity contribution is 9.10. The van der Waals surface area contributed by atoms with Gasteiger partial charge in [-0.1, -0.05) is 5.21 Å².